The van der Waals surface area contributed by atoms with Gasteiger partial charge in [-0.15, -0.1) is 23.2 Å². The van der Waals surface area contributed by atoms with E-state index in [1.54, 1.807) is 0 Å². The first-order valence-corrected chi connectivity index (χ1v) is 56.5. The van der Waals surface area contributed by atoms with E-state index in [0.717, 1.165) is 142 Å². The van der Waals surface area contributed by atoms with Gasteiger partial charge in [-0.3, -0.25) is 0 Å². The van der Waals surface area contributed by atoms with Crippen LogP contribution in [0.5, 0.6) is 0 Å². The third kappa shape index (κ3) is 45.2. The van der Waals surface area contributed by atoms with Crippen LogP contribution in [0.4, 0.5) is 0 Å². The van der Waals surface area contributed by atoms with Gasteiger partial charge in [-0.05, 0) is 290 Å². The number of aliphatic hydroxyl groups excluding tert-OH is 4. The molecule has 0 spiro atoms. The van der Waals surface area contributed by atoms with Gasteiger partial charge in [-0.25, -0.2) is 4.79 Å². The Labute approximate surface area is 839 Å². The van der Waals surface area contributed by atoms with Gasteiger partial charge in [0.25, 0.3) is 0 Å². The molecule has 10 saturated carbocycles. The van der Waals surface area contributed by atoms with Crippen LogP contribution >= 0.6 is 108 Å². The molecule has 10 rings (SSSR count). The smallest absolute Gasteiger partial charge is 0.329 e. The Balaban J connectivity index is -0.000000813. The molecule has 20 nitrogen and oxygen atoms in total. The lowest BCUT2D eigenvalue weighted by Gasteiger charge is -2.31. The number of carbonyl (C=O) groups is 1. The maximum absolute atomic E-state index is 10.5. The summed E-state index contributed by atoms with van der Waals surface area (Å²) in [5.41, 5.74) is 0. The Morgan fingerprint density at radius 2 is 0.511 bits per heavy atom. The van der Waals surface area contributed by atoms with Gasteiger partial charge in [-0.1, -0.05) is 157 Å². The fourth-order valence-corrected chi connectivity index (χ4v) is 27.9. The van der Waals surface area contributed by atoms with E-state index in [1.807, 2.05) is 39.8 Å². The van der Waals surface area contributed by atoms with E-state index in [4.69, 9.17) is 92.7 Å². The molecule has 0 aromatic heterocycles. The summed E-state index contributed by atoms with van der Waals surface area (Å²) in [4.78, 5) is 10.5. The minimum atomic E-state index is -0.969. The molecule has 0 aromatic rings. The zero-order chi connectivity index (χ0) is 94.8. The number of ether oxygens (including phenoxy) is 5. The van der Waals surface area contributed by atoms with Crippen molar-refractivity contribution in [2.75, 3.05) is 66.1 Å². The second kappa shape index (κ2) is 74.7. The van der Waals surface area contributed by atoms with Gasteiger partial charge >= 0.3 is 5.97 Å². The SMILES string of the molecule is CCOC/C=C\C[C@H]1C(Cl)CC(O)[C@@H]1CCC(OP)C1CCCCC1.CCOC/C=C\C[C@H]1C(Cl)CC(OP)[C@@H]1CCC(OP)C1CCCCC1.CCOC/C=C\C[C@H]1C(O)CC(OP)[C@@H]1CCC(OP)C1CCCCC1.CCOC/C=C\C[C@H]1C(O)CC(OP)[C@@H]1CCC(OP)C1CCCCC1.O=C(O)COC/C=C\C[C@H]1C(O)CC(OP)[C@@H]1CCC(OP)C1CCCCC1.[3HH].[3HH].[3HH].[3HH].[3HH].[3HH].[3HH].[3HH].[3HH]. The van der Waals surface area contributed by atoms with Crippen LogP contribution in [0.1, 0.15) is 329 Å². The molecule has 0 radical (unpaired) electrons. The van der Waals surface area contributed by atoms with Gasteiger partial charge < -0.3 is 89.9 Å². The van der Waals surface area contributed by atoms with E-state index in [9.17, 15) is 25.2 Å². The van der Waals surface area contributed by atoms with Crippen LogP contribution in [0.15, 0.2) is 60.8 Å². The van der Waals surface area contributed by atoms with Crippen molar-refractivity contribution in [2.24, 2.45) is 88.8 Å². The van der Waals surface area contributed by atoms with Crippen molar-refractivity contribution >= 4 is 114 Å². The lowest BCUT2D eigenvalue weighted by molar-refractivity contribution is -0.141. The number of hydrogen-bond donors (Lipinski definition) is 5. The second-order valence-electron chi connectivity index (χ2n) is 39.1. The largest absolute Gasteiger partial charge is 0.480 e. The van der Waals surface area contributed by atoms with Crippen LogP contribution in [-0.2, 0) is 69.2 Å². The van der Waals surface area contributed by atoms with Gasteiger partial charge in [-0.2, -0.15) is 0 Å². The second-order valence-corrected chi connectivity index (χ2v) is 42.7. The predicted molar refractivity (Wildman–Crippen MR) is 584 cm³/mol. The molecule has 0 bridgehead atoms. The molecular weight excluding hydrogens is 1870 g/mol. The normalized spacial score (nSPS) is 31.5. The van der Waals surface area contributed by atoms with Crippen molar-refractivity contribution in [1.82, 2.24) is 0 Å². The highest BCUT2D eigenvalue weighted by Crippen LogP contribution is 2.50. The third-order valence-corrected chi connectivity index (χ3v) is 35.4. The van der Waals surface area contributed by atoms with Crippen LogP contribution in [0, 0.1) is 88.8 Å². The number of rotatable bonds is 55. The Hall–Kier alpha value is 1.90. The lowest BCUT2D eigenvalue weighted by Crippen LogP contribution is -2.27. The van der Waals surface area contributed by atoms with Crippen LogP contribution < -0.4 is 0 Å². The van der Waals surface area contributed by atoms with Crippen molar-refractivity contribution in [1.29, 1.82) is 0 Å². The fourth-order valence-electron chi connectivity index (χ4n) is 23.9. The highest BCUT2D eigenvalue weighted by atomic mass is 35.5. The first-order valence-electron chi connectivity index (χ1n) is 51.4. The highest BCUT2D eigenvalue weighted by Gasteiger charge is 2.48. The third-order valence-electron chi connectivity index (χ3n) is 31.3. The number of alkyl halides is 2. The molecule has 24 unspecified atom stereocenters. The molecule has 10 fully saturated rings. The molecule has 782 valence electrons. The van der Waals surface area contributed by atoms with E-state index in [-0.39, 0.29) is 121 Å². The van der Waals surface area contributed by atoms with E-state index in [2.05, 4.69) is 134 Å². The standard InChI is InChI=1S/C20H37ClO3P2.C20H36ClO3P.C20H36O6P2.2C20H38O4P2.9H2/c1-2-22-13-7-6-10-16-17(20(24-26)14-18(16)21)11-12-19(23-25)15-8-4-3-5-9-15;1-2-23-13-7-6-10-16-17(19(22)14-18(16)21)11-12-20(24-25)15-8-4-3-5-9-15;21-17-12-19(26-28)16(15(17)8-4-5-11-24-13-20(22)23)9-10-18(25-27)14-6-2-1-3-7-14;2*1-2-22-13-7-6-10-16-17(20(24-26)14-18(16)21)11-12-19(23-25)15-8-4-3-5-9-15;;;;;;;;;/h6-7,15-20H,2-5,8-14,25-26H2,1H3;6-7,15-20,22H,2-5,8-14,25H2,1H3;4-5,14-19,21H,1-3,6-13,27-28H2,(H,22,23);2*6-7,15-21H,2-5,8-14,25-26H2,1H3;9*1H/b2*7-6-;5-4-;2*7-6-;;;;;;;;;/t2*16-,17-,18?,19?,20?;15-,16-,17?,18?,19?;2*16-,17-,18?,19?,20?;;;;;;;;;/m11111........./s1/i;;;;;9*1+2. The average molecular weight is 2090 g/mol. The average Bonchev–Trinajstić information content (AvgIpc) is 1.70. The summed E-state index contributed by atoms with van der Waals surface area (Å²) in [5, 5.41) is 51.0. The molecule has 131 heavy (non-hydrogen) atoms. The monoisotopic (exact) mass is 2090 g/mol. The Morgan fingerprint density at radius 3 is 0.756 bits per heavy atom. The summed E-state index contributed by atoms with van der Waals surface area (Å²) in [7, 11) is 22.1. The number of aliphatic hydroxyl groups is 4. The molecule has 10 aliphatic carbocycles. The van der Waals surface area contributed by atoms with Crippen molar-refractivity contribution in [2.45, 2.75) is 407 Å². The van der Waals surface area contributed by atoms with Gasteiger partial charge in [0, 0.05) is 154 Å². The molecule has 0 amide bonds. The first kappa shape index (κ1) is 122. The molecule has 0 heterocycles. The van der Waals surface area contributed by atoms with E-state index < -0.39 is 5.97 Å². The number of aliphatic carboxylic acids is 1. The molecule has 10 aliphatic rings. The number of halogens is 2. The Bertz CT molecular complexity index is 2830. The van der Waals surface area contributed by atoms with Gasteiger partial charge in [0.2, 0.25) is 0 Å². The summed E-state index contributed by atoms with van der Waals surface area (Å²) in [6, 6.07) is 0. The summed E-state index contributed by atoms with van der Waals surface area (Å²) < 4.78 is 78.0. The molecule has 0 aliphatic heterocycles. The quantitative estimate of drug-likeness (QED) is 0.0164. The highest BCUT2D eigenvalue weighted by molar-refractivity contribution is 7.11. The molecule has 34 atom stereocenters. The van der Waals surface area contributed by atoms with Gasteiger partial charge in [0.15, 0.2) is 0 Å². The zero-order valence-corrected chi connectivity index (χ0v) is 92.7. The maximum atomic E-state index is 10.5. The van der Waals surface area contributed by atoms with Crippen LogP contribution in [0.3, 0.4) is 0 Å². The lowest BCUT2D eigenvalue weighted by atomic mass is 9.80. The number of hydrogen-bond acceptors (Lipinski definition) is 19. The van der Waals surface area contributed by atoms with Crippen LogP contribution in [0.2, 0.25) is 0 Å². The Morgan fingerprint density at radius 1 is 0.298 bits per heavy atom. The fraction of sp³-hybridized carbons (Fsp3) is 0.890. The molecule has 5 N–H and O–H groups in total. The van der Waals surface area contributed by atoms with Crippen molar-refractivity contribution in [3.63, 3.8) is 0 Å². The minimum absolute atomic E-state index is 0. The number of allylic oxidation sites excluding steroid dienone is 5. The molecular formula is C100H203Cl2O20P9. The van der Waals surface area contributed by atoms with E-state index in [0.29, 0.717) is 123 Å². The Kier molecular flexibility index (Phi) is 69.4. The summed E-state index contributed by atoms with van der Waals surface area (Å²) in [6.07, 6.45) is 73.4. The summed E-state index contributed by atoms with van der Waals surface area (Å²) in [5.74, 6) is 5.74. The van der Waals surface area contributed by atoms with Crippen molar-refractivity contribution in [3.05, 3.63) is 60.8 Å². The molecule has 31 heteroatoms. The summed E-state index contributed by atoms with van der Waals surface area (Å²) in [6.45, 7) is 13.6. The van der Waals surface area contributed by atoms with Crippen LogP contribution in [0.25, 0.3) is 0 Å². The first-order chi connectivity index (χ1) is 63.8. The van der Waals surface area contributed by atoms with E-state index >= 15 is 0 Å². The number of carboxylic acids is 1. The predicted octanol–water partition coefficient (Wildman–Crippen LogP) is 26.3. The summed E-state index contributed by atoms with van der Waals surface area (Å²) >= 11 is 13.2. The zero-order valence-electron chi connectivity index (χ0n) is 80.8. The topological polar surface area (TPSA) is 247 Å². The maximum Gasteiger partial charge on any atom is 0.329 e. The van der Waals surface area contributed by atoms with Gasteiger partial charge in [0.1, 0.15) is 6.61 Å². The van der Waals surface area contributed by atoms with Crippen LogP contribution in [-0.4, -0.2) is 188 Å². The minimum Gasteiger partial charge on any atom is -0.480 e. The number of carboxylic acid groups (broad SMARTS) is 1. The van der Waals surface area contributed by atoms with Crippen molar-refractivity contribution < 1.29 is 108 Å². The van der Waals surface area contributed by atoms with Crippen molar-refractivity contribution in [3.8, 4) is 0 Å². The van der Waals surface area contributed by atoms with Gasteiger partial charge in [0.05, 0.1) is 112 Å². The van der Waals surface area contributed by atoms with E-state index in [1.165, 1.54) is 161 Å². The molecule has 0 aromatic carbocycles. The molecule has 0 saturated heterocycles.